The van der Waals surface area contributed by atoms with Crippen LogP contribution in [0.4, 0.5) is 15.9 Å². The van der Waals surface area contributed by atoms with Crippen LogP contribution in [-0.4, -0.2) is 57.3 Å². The van der Waals surface area contributed by atoms with Gasteiger partial charge >= 0.3 is 0 Å². The Labute approximate surface area is 249 Å². The molecule has 1 aromatic heterocycles. The number of hydrogen-bond donors (Lipinski definition) is 0. The number of fused-ring (bicyclic) bond motifs is 1. The lowest BCUT2D eigenvalue weighted by molar-refractivity contribution is -0.0442. The van der Waals surface area contributed by atoms with Gasteiger partial charge in [0.15, 0.2) is 13.2 Å². The second-order valence-electron chi connectivity index (χ2n) is 10.3. The lowest BCUT2D eigenvalue weighted by Gasteiger charge is -2.49. The van der Waals surface area contributed by atoms with E-state index in [0.717, 1.165) is 16.7 Å². The third kappa shape index (κ3) is 4.82. The number of ether oxygens (including phenoxy) is 1. The number of amidine groups is 1. The zero-order chi connectivity index (χ0) is 28.9. The molecule has 3 aromatic carbocycles. The first-order valence-corrected chi connectivity index (χ1v) is 15.8. The molecule has 2 aliphatic heterocycles. The number of aliphatic imine (C=N–C) groups is 1. The van der Waals surface area contributed by atoms with Gasteiger partial charge in [-0.05, 0) is 57.2 Å². The van der Waals surface area contributed by atoms with Crippen molar-refractivity contribution in [2.75, 3.05) is 20.1 Å². The van der Waals surface area contributed by atoms with Crippen molar-refractivity contribution in [1.29, 1.82) is 0 Å². The summed E-state index contributed by atoms with van der Waals surface area (Å²) in [6.45, 7) is 7.26. The van der Waals surface area contributed by atoms with E-state index in [1.54, 1.807) is 30.3 Å². The van der Waals surface area contributed by atoms with Crippen LogP contribution < -0.4 is 5.30 Å². The number of nitrogens with zero attached hydrogens (tertiary/aromatic N) is 6. The molecule has 212 valence electrons. The molecule has 1 saturated heterocycles. The molecule has 6 rings (SSSR count). The highest BCUT2D eigenvalue weighted by Crippen LogP contribution is 2.63. The zero-order valence-electron chi connectivity index (χ0n) is 23.2. The molecule has 0 bridgehead atoms. The van der Waals surface area contributed by atoms with Gasteiger partial charge in [-0.3, -0.25) is 0 Å². The fourth-order valence-electron chi connectivity index (χ4n) is 5.65. The number of rotatable bonds is 4. The van der Waals surface area contributed by atoms with Gasteiger partial charge in [0, 0.05) is 20.1 Å². The maximum Gasteiger partial charge on any atom is 0.170 e. The van der Waals surface area contributed by atoms with Gasteiger partial charge in [-0.2, -0.15) is 5.10 Å². The molecule has 4 aromatic rings. The van der Waals surface area contributed by atoms with Crippen molar-refractivity contribution in [3.63, 3.8) is 0 Å². The predicted octanol–water partition coefficient (Wildman–Crippen LogP) is 7.75. The molecule has 2 aliphatic rings. The summed E-state index contributed by atoms with van der Waals surface area (Å²) < 4.78 is 33.4. The molecule has 7 nitrogen and oxygen atoms in total. The highest BCUT2D eigenvalue weighted by Gasteiger charge is 2.47. The molecule has 3 heterocycles. The molecule has 0 N–H and O–H groups in total. The molecule has 1 fully saturated rings. The lowest BCUT2D eigenvalue weighted by Crippen LogP contribution is -2.50. The second-order valence-corrected chi connectivity index (χ2v) is 14.1. The Hall–Kier alpha value is -3.00. The van der Waals surface area contributed by atoms with E-state index < -0.39 is 7.36 Å². The largest absolute Gasteiger partial charge is 0.373 e. The Bertz CT molecular complexity index is 1680. The molecule has 41 heavy (non-hydrogen) atoms. The summed E-state index contributed by atoms with van der Waals surface area (Å²) in [4.78, 5) is 5.12. The number of aryl methyl sites for hydroxylation is 1. The van der Waals surface area contributed by atoms with Crippen LogP contribution in [0.2, 0.25) is 10.0 Å². The van der Waals surface area contributed by atoms with E-state index in [4.69, 9.17) is 42.8 Å². The number of benzene rings is 3. The first-order valence-electron chi connectivity index (χ1n) is 13.4. The summed E-state index contributed by atoms with van der Waals surface area (Å²) in [7, 11) is -1.08. The summed E-state index contributed by atoms with van der Waals surface area (Å²) in [6, 6.07) is 21.9. The van der Waals surface area contributed by atoms with E-state index >= 15 is 4.39 Å². The average Bonchev–Trinajstić information content (AvgIpc) is 3.28. The molecular formula is C30H30Cl2FN6OP. The minimum atomic E-state index is -3.01. The quantitative estimate of drug-likeness (QED) is 0.222. The van der Waals surface area contributed by atoms with Crippen molar-refractivity contribution in [3.8, 4) is 5.69 Å². The maximum absolute atomic E-state index is 15.5. The van der Waals surface area contributed by atoms with E-state index in [1.165, 1.54) is 6.07 Å². The molecule has 0 spiro atoms. The topological polar surface area (TPSA) is 58.3 Å². The number of para-hydroxylation sites is 1. The summed E-state index contributed by atoms with van der Waals surface area (Å²) in [5, 5.41) is 6.74. The molecule has 11 heteroatoms. The summed E-state index contributed by atoms with van der Waals surface area (Å²) in [5.41, 5.74) is 2.48. The van der Waals surface area contributed by atoms with E-state index in [1.807, 2.05) is 59.7 Å². The van der Waals surface area contributed by atoms with Crippen LogP contribution in [0.1, 0.15) is 25.1 Å². The third-order valence-corrected chi connectivity index (χ3v) is 11.7. The van der Waals surface area contributed by atoms with Crippen molar-refractivity contribution in [2.45, 2.75) is 33.0 Å². The highest BCUT2D eigenvalue weighted by molar-refractivity contribution is 7.70. The van der Waals surface area contributed by atoms with Crippen LogP contribution in [-0.2, 0) is 4.74 Å². The van der Waals surface area contributed by atoms with Gasteiger partial charge in [0.25, 0.3) is 0 Å². The predicted molar refractivity (Wildman–Crippen MR) is 165 cm³/mol. The van der Waals surface area contributed by atoms with E-state index in [9.17, 15) is 0 Å². The van der Waals surface area contributed by atoms with Gasteiger partial charge in [0.1, 0.15) is 17.3 Å². The van der Waals surface area contributed by atoms with Gasteiger partial charge in [-0.1, -0.05) is 59.6 Å². The Morgan fingerprint density at radius 1 is 0.927 bits per heavy atom. The Balaban J connectivity index is 1.76. The monoisotopic (exact) mass is 610 g/mol. The summed E-state index contributed by atoms with van der Waals surface area (Å²) in [6.07, 6.45) is -0.130. The SMILES string of the molecule is Cc1nn(-c2ccccc2)c2c1[P@](=Nc1c(Cl)cccc1Cl)(N1C[C@H](C)O[C@@H](C)C1)N(C)C(c1ccccc1F)=N2. The normalized spacial score (nSPS) is 22.8. The van der Waals surface area contributed by atoms with Crippen molar-refractivity contribution < 1.29 is 9.13 Å². The molecule has 0 aliphatic carbocycles. The first-order chi connectivity index (χ1) is 19.7. The molecule has 0 saturated carbocycles. The smallest absolute Gasteiger partial charge is 0.170 e. The Morgan fingerprint density at radius 3 is 2.22 bits per heavy atom. The van der Waals surface area contributed by atoms with E-state index in [-0.39, 0.29) is 18.0 Å². The molecular weight excluding hydrogens is 581 g/mol. The van der Waals surface area contributed by atoms with Gasteiger partial charge in [0.05, 0.1) is 44.5 Å². The van der Waals surface area contributed by atoms with Gasteiger partial charge in [0.2, 0.25) is 0 Å². The van der Waals surface area contributed by atoms with Gasteiger partial charge in [-0.15, -0.1) is 0 Å². The standard InChI is InChI=1S/C30H30Cl2FN6OP/c1-19-17-38(18-20(2)40-19)41(36-27-24(31)14-10-15-25(27)32)28-21(3)35-39(22-11-6-5-7-12-22)30(28)34-29(37(41)4)23-13-8-9-16-26(23)33/h5-16,19-20H,17-18H2,1-4H3/t19-,20-,41+/m0/s1. The molecule has 0 unspecified atom stereocenters. The Morgan fingerprint density at radius 2 is 1.56 bits per heavy atom. The highest BCUT2D eigenvalue weighted by atomic mass is 35.5. The van der Waals surface area contributed by atoms with Crippen molar-refractivity contribution >= 4 is 53.2 Å². The number of aromatic nitrogens is 2. The third-order valence-electron chi connectivity index (χ3n) is 7.33. The number of hydrogen-bond acceptors (Lipinski definition) is 4. The van der Waals surface area contributed by atoms with Crippen LogP contribution in [0.25, 0.3) is 5.69 Å². The Kier molecular flexibility index (Phi) is 7.55. The fraction of sp³-hybridized carbons (Fsp3) is 0.267. The summed E-state index contributed by atoms with van der Waals surface area (Å²) in [5.74, 6) is 0.693. The maximum atomic E-state index is 15.5. The minimum Gasteiger partial charge on any atom is -0.373 e. The lowest BCUT2D eigenvalue weighted by atomic mass is 10.2. The van der Waals surface area contributed by atoms with E-state index in [0.29, 0.717) is 46.0 Å². The minimum absolute atomic E-state index is 0.0651. The van der Waals surface area contributed by atoms with Crippen LogP contribution >= 0.6 is 30.6 Å². The molecule has 0 amide bonds. The van der Waals surface area contributed by atoms with Crippen molar-refractivity contribution in [3.05, 3.63) is 99.9 Å². The van der Waals surface area contributed by atoms with Crippen LogP contribution in [0.15, 0.2) is 82.5 Å². The zero-order valence-corrected chi connectivity index (χ0v) is 25.6. The number of morpholine rings is 1. The van der Waals surface area contributed by atoms with E-state index in [2.05, 4.69) is 18.5 Å². The molecule has 3 atom stereocenters. The average molecular weight is 611 g/mol. The van der Waals surface area contributed by atoms with Crippen LogP contribution in [0.5, 0.6) is 0 Å². The van der Waals surface area contributed by atoms with Crippen LogP contribution in [0.3, 0.4) is 0 Å². The van der Waals surface area contributed by atoms with Crippen molar-refractivity contribution in [2.24, 2.45) is 9.74 Å². The molecule has 0 radical (unpaired) electrons. The fourth-order valence-corrected chi connectivity index (χ4v) is 10.3. The van der Waals surface area contributed by atoms with Gasteiger partial charge in [-0.25, -0.2) is 23.5 Å². The van der Waals surface area contributed by atoms with Crippen LogP contribution in [0, 0.1) is 12.7 Å². The number of halogens is 3. The first kappa shape index (κ1) is 28.1. The second kappa shape index (κ2) is 11.0. The summed E-state index contributed by atoms with van der Waals surface area (Å²) >= 11 is 13.5. The van der Waals surface area contributed by atoms with Crippen molar-refractivity contribution in [1.82, 2.24) is 19.1 Å². The van der Waals surface area contributed by atoms with Gasteiger partial charge < -0.3 is 9.41 Å².